The molecule has 3 amide bonds. The third kappa shape index (κ3) is 3.82. The van der Waals surface area contributed by atoms with Gasteiger partial charge in [-0.25, -0.2) is 4.79 Å². The Labute approximate surface area is 162 Å². The van der Waals surface area contributed by atoms with Gasteiger partial charge in [0.25, 0.3) is 11.8 Å². The molecule has 1 aliphatic carbocycles. The van der Waals surface area contributed by atoms with Crippen molar-refractivity contribution >= 4 is 23.7 Å². The predicted octanol–water partition coefficient (Wildman–Crippen LogP) is 1.34. The standard InChI is InChI=1S/C18H17F3N2O6/c1-16(28)8-17(9-16,14(26)22-7-6-18(19,20)21)15(27)29-23-12(24)10-4-2-3-5-11(10)13(23)25/h2-5,28H,6-9H2,1H3,(H,22,26). The summed E-state index contributed by atoms with van der Waals surface area (Å²) < 4.78 is 36.9. The number of nitrogens with zero attached hydrogens (tertiary/aromatic N) is 1. The Hall–Kier alpha value is -2.95. The van der Waals surface area contributed by atoms with Crippen molar-refractivity contribution < 1.29 is 42.3 Å². The van der Waals surface area contributed by atoms with Crippen LogP contribution in [-0.2, 0) is 14.4 Å². The van der Waals surface area contributed by atoms with Gasteiger partial charge in [0, 0.05) is 19.4 Å². The Bertz CT molecular complexity index is 853. The molecule has 1 aromatic carbocycles. The van der Waals surface area contributed by atoms with E-state index >= 15 is 0 Å². The van der Waals surface area contributed by atoms with Crippen LogP contribution >= 0.6 is 0 Å². The van der Waals surface area contributed by atoms with Crippen LogP contribution in [0.1, 0.15) is 46.9 Å². The van der Waals surface area contributed by atoms with Gasteiger partial charge in [0.2, 0.25) is 5.91 Å². The van der Waals surface area contributed by atoms with E-state index in [2.05, 4.69) is 0 Å². The molecule has 2 N–H and O–H groups in total. The molecular formula is C18H17F3N2O6. The molecule has 1 aliphatic heterocycles. The van der Waals surface area contributed by atoms with Crippen LogP contribution in [0.3, 0.4) is 0 Å². The summed E-state index contributed by atoms with van der Waals surface area (Å²) in [5, 5.41) is 12.2. The second-order valence-corrected chi connectivity index (χ2v) is 7.38. The van der Waals surface area contributed by atoms with Crippen molar-refractivity contribution in [3.63, 3.8) is 0 Å². The van der Waals surface area contributed by atoms with Crippen molar-refractivity contribution in [3.05, 3.63) is 35.4 Å². The summed E-state index contributed by atoms with van der Waals surface area (Å²) in [7, 11) is 0. The topological polar surface area (TPSA) is 113 Å². The molecule has 0 atom stereocenters. The lowest BCUT2D eigenvalue weighted by Gasteiger charge is -2.48. The van der Waals surface area contributed by atoms with Crippen molar-refractivity contribution in [2.45, 2.75) is 38.0 Å². The lowest BCUT2D eigenvalue weighted by atomic mass is 9.59. The summed E-state index contributed by atoms with van der Waals surface area (Å²) >= 11 is 0. The summed E-state index contributed by atoms with van der Waals surface area (Å²) in [6.45, 7) is 0.566. The van der Waals surface area contributed by atoms with Crippen LogP contribution in [0.5, 0.6) is 0 Å². The number of nitrogens with one attached hydrogen (secondary N) is 1. The van der Waals surface area contributed by atoms with E-state index in [-0.39, 0.29) is 16.2 Å². The van der Waals surface area contributed by atoms with Crippen LogP contribution in [0.2, 0.25) is 0 Å². The summed E-state index contributed by atoms with van der Waals surface area (Å²) in [5.41, 5.74) is -3.42. The maximum atomic E-state index is 12.7. The molecule has 156 valence electrons. The molecular weight excluding hydrogens is 397 g/mol. The smallest absolute Gasteiger partial charge is 0.390 e. The van der Waals surface area contributed by atoms with E-state index in [1.54, 1.807) is 0 Å². The monoisotopic (exact) mass is 414 g/mol. The summed E-state index contributed by atoms with van der Waals surface area (Å²) in [6.07, 6.45) is -6.68. The molecule has 0 bridgehead atoms. The average molecular weight is 414 g/mol. The quantitative estimate of drug-likeness (QED) is 0.556. The van der Waals surface area contributed by atoms with Gasteiger partial charge in [-0.3, -0.25) is 14.4 Å². The van der Waals surface area contributed by atoms with E-state index < -0.39 is 66.7 Å². The first kappa shape index (κ1) is 20.8. The summed E-state index contributed by atoms with van der Waals surface area (Å²) in [5.74, 6) is -4.19. The van der Waals surface area contributed by atoms with Gasteiger partial charge in [0.15, 0.2) is 5.41 Å². The first-order valence-corrected chi connectivity index (χ1v) is 8.64. The van der Waals surface area contributed by atoms with Gasteiger partial charge in [0.1, 0.15) is 0 Å². The van der Waals surface area contributed by atoms with E-state index in [9.17, 15) is 37.5 Å². The van der Waals surface area contributed by atoms with Gasteiger partial charge in [-0.1, -0.05) is 17.2 Å². The highest BCUT2D eigenvalue weighted by molar-refractivity contribution is 6.21. The molecule has 1 heterocycles. The summed E-state index contributed by atoms with van der Waals surface area (Å²) in [6, 6.07) is 5.73. The number of hydroxylamine groups is 2. The highest BCUT2D eigenvalue weighted by Gasteiger charge is 2.63. The Kier molecular flexibility index (Phi) is 4.89. The van der Waals surface area contributed by atoms with Crippen molar-refractivity contribution in [3.8, 4) is 0 Å². The molecule has 0 saturated heterocycles. The lowest BCUT2D eigenvalue weighted by Crippen LogP contribution is -2.63. The zero-order valence-electron chi connectivity index (χ0n) is 15.2. The number of halogens is 3. The normalized spacial score (nSPS) is 26.0. The van der Waals surface area contributed by atoms with Crippen LogP contribution in [0.4, 0.5) is 13.2 Å². The fraction of sp³-hybridized carbons (Fsp3) is 0.444. The van der Waals surface area contributed by atoms with Gasteiger partial charge < -0.3 is 15.3 Å². The molecule has 1 aromatic rings. The second kappa shape index (κ2) is 6.83. The highest BCUT2D eigenvalue weighted by Crippen LogP contribution is 2.49. The number of alkyl halides is 3. The zero-order chi connectivity index (χ0) is 21.6. The molecule has 3 rings (SSSR count). The fourth-order valence-electron chi connectivity index (χ4n) is 3.55. The lowest BCUT2D eigenvalue weighted by molar-refractivity contribution is -0.206. The van der Waals surface area contributed by atoms with Crippen molar-refractivity contribution in [2.24, 2.45) is 5.41 Å². The number of benzene rings is 1. The Morgan fingerprint density at radius 3 is 2.14 bits per heavy atom. The molecule has 0 unspecified atom stereocenters. The maximum Gasteiger partial charge on any atom is 0.390 e. The Balaban J connectivity index is 1.75. The van der Waals surface area contributed by atoms with Crippen LogP contribution < -0.4 is 5.32 Å². The molecule has 0 spiro atoms. The van der Waals surface area contributed by atoms with Crippen LogP contribution in [0.15, 0.2) is 24.3 Å². The van der Waals surface area contributed by atoms with Gasteiger partial charge in [-0.2, -0.15) is 13.2 Å². The van der Waals surface area contributed by atoms with Gasteiger partial charge >= 0.3 is 12.1 Å². The number of carbonyl (C=O) groups is 4. The molecule has 29 heavy (non-hydrogen) atoms. The maximum absolute atomic E-state index is 12.7. The third-order valence-corrected chi connectivity index (χ3v) is 4.82. The van der Waals surface area contributed by atoms with Gasteiger partial charge in [-0.05, 0) is 19.1 Å². The van der Waals surface area contributed by atoms with E-state index in [0.717, 1.165) is 0 Å². The van der Waals surface area contributed by atoms with Crippen molar-refractivity contribution in [1.29, 1.82) is 0 Å². The number of rotatable bonds is 5. The Morgan fingerprint density at radius 2 is 1.69 bits per heavy atom. The minimum absolute atomic E-state index is 0.00887. The van der Waals surface area contributed by atoms with Crippen LogP contribution in [0.25, 0.3) is 0 Å². The van der Waals surface area contributed by atoms with Gasteiger partial charge in [-0.15, -0.1) is 0 Å². The number of amides is 3. The number of hydrogen-bond acceptors (Lipinski definition) is 6. The molecule has 2 aliphatic rings. The zero-order valence-corrected chi connectivity index (χ0v) is 15.2. The molecule has 0 aromatic heterocycles. The fourth-order valence-corrected chi connectivity index (χ4v) is 3.55. The molecule has 11 heteroatoms. The Morgan fingerprint density at radius 1 is 1.17 bits per heavy atom. The number of fused-ring (bicyclic) bond motifs is 1. The molecule has 1 fully saturated rings. The molecule has 1 saturated carbocycles. The van der Waals surface area contributed by atoms with E-state index in [1.165, 1.54) is 31.2 Å². The van der Waals surface area contributed by atoms with E-state index in [4.69, 9.17) is 4.84 Å². The predicted molar refractivity (Wildman–Crippen MR) is 89.0 cm³/mol. The number of hydrogen-bond donors (Lipinski definition) is 2. The average Bonchev–Trinajstić information content (AvgIpc) is 2.83. The minimum atomic E-state index is -4.51. The molecule has 8 nitrogen and oxygen atoms in total. The van der Waals surface area contributed by atoms with Crippen LogP contribution in [-0.4, -0.2) is 52.2 Å². The first-order valence-electron chi connectivity index (χ1n) is 8.64. The minimum Gasteiger partial charge on any atom is -0.390 e. The van der Waals surface area contributed by atoms with Crippen LogP contribution in [0, 0.1) is 5.41 Å². The highest BCUT2D eigenvalue weighted by atomic mass is 19.4. The van der Waals surface area contributed by atoms with Crippen molar-refractivity contribution in [1.82, 2.24) is 10.4 Å². The number of imide groups is 1. The third-order valence-electron chi connectivity index (χ3n) is 4.82. The largest absolute Gasteiger partial charge is 0.390 e. The molecule has 0 radical (unpaired) electrons. The summed E-state index contributed by atoms with van der Waals surface area (Å²) in [4.78, 5) is 54.6. The second-order valence-electron chi connectivity index (χ2n) is 7.38. The number of aliphatic hydroxyl groups is 1. The van der Waals surface area contributed by atoms with Crippen molar-refractivity contribution in [2.75, 3.05) is 6.54 Å². The SMILES string of the molecule is CC1(O)CC(C(=O)NCCC(F)(F)F)(C(=O)ON2C(=O)c3ccccc3C2=O)C1. The van der Waals surface area contributed by atoms with E-state index in [0.29, 0.717) is 0 Å². The number of carbonyl (C=O) groups excluding carboxylic acids is 4. The first-order chi connectivity index (χ1) is 13.4. The van der Waals surface area contributed by atoms with Gasteiger partial charge in [0.05, 0.1) is 23.1 Å². The van der Waals surface area contributed by atoms with E-state index in [1.807, 2.05) is 5.32 Å².